The highest BCUT2D eigenvalue weighted by atomic mass is 79.9. The predicted octanol–water partition coefficient (Wildman–Crippen LogP) is 1.80. The average Bonchev–Trinajstić information content (AvgIpc) is 2.48. The van der Waals surface area contributed by atoms with Crippen LogP contribution in [-0.2, 0) is 0 Å². The Balaban J connectivity index is 2.67. The molecule has 60 valence electrons. The fraction of sp³-hybridized carbons (Fsp3) is 0. The molecule has 0 spiro atoms. The van der Waals surface area contributed by atoms with E-state index in [1.165, 1.54) is 22.9 Å². The van der Waals surface area contributed by atoms with Gasteiger partial charge in [-0.1, -0.05) is 0 Å². The third-order valence-corrected chi connectivity index (χ3v) is 2.90. The molecule has 12 heavy (non-hydrogen) atoms. The SMILES string of the molecule is O=C1C=C(Br)C(=O)c2scnc21. The lowest BCUT2D eigenvalue weighted by atomic mass is 10.1. The number of hydrogen-bond donors (Lipinski definition) is 0. The second kappa shape index (κ2) is 2.60. The van der Waals surface area contributed by atoms with E-state index in [1.54, 1.807) is 0 Å². The van der Waals surface area contributed by atoms with E-state index in [-0.39, 0.29) is 17.3 Å². The molecule has 0 saturated carbocycles. The standard InChI is InChI=1S/C7H2BrNO2S/c8-3-1-4(10)5-7(6(3)11)12-2-9-5/h1-2H. The molecule has 2 rings (SSSR count). The largest absolute Gasteiger partial charge is 0.287 e. The number of allylic oxidation sites excluding steroid dienone is 2. The number of aromatic nitrogens is 1. The van der Waals surface area contributed by atoms with E-state index in [2.05, 4.69) is 20.9 Å². The van der Waals surface area contributed by atoms with Crippen molar-refractivity contribution in [3.05, 3.63) is 26.6 Å². The van der Waals surface area contributed by atoms with Crippen molar-refractivity contribution in [2.24, 2.45) is 0 Å². The molecule has 0 unspecified atom stereocenters. The minimum atomic E-state index is -0.210. The number of halogens is 1. The quantitative estimate of drug-likeness (QED) is 0.699. The van der Waals surface area contributed by atoms with E-state index >= 15 is 0 Å². The first-order chi connectivity index (χ1) is 5.70. The molecule has 1 aromatic heterocycles. The summed E-state index contributed by atoms with van der Waals surface area (Å²) in [6.45, 7) is 0. The number of rotatable bonds is 0. The summed E-state index contributed by atoms with van der Waals surface area (Å²) in [6, 6.07) is 0. The van der Waals surface area contributed by atoms with Crippen LogP contribution < -0.4 is 0 Å². The Bertz CT molecular complexity index is 407. The highest BCUT2D eigenvalue weighted by Crippen LogP contribution is 2.26. The van der Waals surface area contributed by atoms with Crippen LogP contribution in [-0.4, -0.2) is 16.6 Å². The zero-order chi connectivity index (χ0) is 8.72. The Morgan fingerprint density at radius 3 is 2.92 bits per heavy atom. The van der Waals surface area contributed by atoms with Crippen LogP contribution in [0.1, 0.15) is 20.2 Å². The third-order valence-electron chi connectivity index (χ3n) is 1.48. The first-order valence-corrected chi connectivity index (χ1v) is 4.77. The number of ketones is 2. The van der Waals surface area contributed by atoms with E-state index in [0.29, 0.717) is 9.36 Å². The van der Waals surface area contributed by atoms with E-state index in [0.717, 1.165) is 0 Å². The molecule has 0 atom stereocenters. The van der Waals surface area contributed by atoms with Crippen LogP contribution in [0.4, 0.5) is 0 Å². The topological polar surface area (TPSA) is 47.0 Å². The molecule has 5 heteroatoms. The Labute approximate surface area is 80.2 Å². The van der Waals surface area contributed by atoms with Crippen LogP contribution in [0, 0.1) is 0 Å². The van der Waals surface area contributed by atoms with Crippen LogP contribution >= 0.6 is 27.3 Å². The van der Waals surface area contributed by atoms with Gasteiger partial charge in [-0.2, -0.15) is 0 Å². The maximum atomic E-state index is 11.3. The molecule has 1 aromatic rings. The molecule has 0 bridgehead atoms. The van der Waals surface area contributed by atoms with Gasteiger partial charge in [0.25, 0.3) is 0 Å². The summed E-state index contributed by atoms with van der Waals surface area (Å²) in [5, 5.41) is 0. The van der Waals surface area contributed by atoms with E-state index in [9.17, 15) is 9.59 Å². The van der Waals surface area contributed by atoms with E-state index < -0.39 is 0 Å². The number of carbonyl (C=O) groups is 2. The average molecular weight is 244 g/mol. The molecular formula is C7H2BrNO2S. The van der Waals surface area contributed by atoms with Crippen molar-refractivity contribution < 1.29 is 9.59 Å². The summed E-state index contributed by atoms with van der Waals surface area (Å²) in [5.41, 5.74) is 1.77. The van der Waals surface area contributed by atoms with Crippen LogP contribution in [0.15, 0.2) is 16.1 Å². The number of hydrogen-bond acceptors (Lipinski definition) is 4. The monoisotopic (exact) mass is 243 g/mol. The van der Waals surface area contributed by atoms with Gasteiger partial charge in [0, 0.05) is 6.08 Å². The minimum absolute atomic E-state index is 0.160. The zero-order valence-corrected chi connectivity index (χ0v) is 8.11. The van der Waals surface area contributed by atoms with Gasteiger partial charge < -0.3 is 0 Å². The molecule has 0 aliphatic heterocycles. The third kappa shape index (κ3) is 0.971. The van der Waals surface area contributed by atoms with Crippen molar-refractivity contribution in [3.8, 4) is 0 Å². The van der Waals surface area contributed by atoms with Crippen LogP contribution in [0.25, 0.3) is 0 Å². The molecule has 0 aromatic carbocycles. The summed E-state index contributed by atoms with van der Waals surface area (Å²) in [5.74, 6) is -0.371. The van der Waals surface area contributed by atoms with Crippen molar-refractivity contribution in [2.45, 2.75) is 0 Å². The molecule has 0 fully saturated rings. The van der Waals surface area contributed by atoms with Gasteiger partial charge in [-0.3, -0.25) is 9.59 Å². The fourth-order valence-electron chi connectivity index (χ4n) is 0.940. The molecule has 0 radical (unpaired) electrons. The Kier molecular flexibility index (Phi) is 1.69. The van der Waals surface area contributed by atoms with Crippen molar-refractivity contribution in [3.63, 3.8) is 0 Å². The van der Waals surface area contributed by atoms with Crippen LogP contribution in [0.2, 0.25) is 0 Å². The molecule has 3 nitrogen and oxygen atoms in total. The molecule has 0 N–H and O–H groups in total. The van der Waals surface area contributed by atoms with Gasteiger partial charge in [0.15, 0.2) is 0 Å². The molecule has 0 saturated heterocycles. The highest BCUT2D eigenvalue weighted by molar-refractivity contribution is 9.12. The van der Waals surface area contributed by atoms with Gasteiger partial charge in [0.2, 0.25) is 11.6 Å². The van der Waals surface area contributed by atoms with Gasteiger partial charge in [0.05, 0.1) is 9.99 Å². The van der Waals surface area contributed by atoms with E-state index in [1.807, 2.05) is 0 Å². The summed E-state index contributed by atoms with van der Waals surface area (Å²) < 4.78 is 0.309. The van der Waals surface area contributed by atoms with E-state index in [4.69, 9.17) is 0 Å². The van der Waals surface area contributed by atoms with Crippen molar-refractivity contribution in [1.29, 1.82) is 0 Å². The molecule has 1 heterocycles. The number of thiazole rings is 1. The second-order valence-corrected chi connectivity index (χ2v) is 3.92. The van der Waals surface area contributed by atoms with Gasteiger partial charge in [-0.25, -0.2) is 4.98 Å². The highest BCUT2D eigenvalue weighted by Gasteiger charge is 2.26. The number of fused-ring (bicyclic) bond motifs is 1. The number of Topliss-reactive ketones (excluding diaryl/α,β-unsaturated/α-hetero) is 1. The van der Waals surface area contributed by atoms with Crippen LogP contribution in [0.5, 0.6) is 0 Å². The molecular weight excluding hydrogens is 242 g/mol. The summed E-state index contributed by atoms with van der Waals surface area (Å²) in [7, 11) is 0. The van der Waals surface area contributed by atoms with Crippen molar-refractivity contribution >= 4 is 38.8 Å². The normalized spacial score (nSPS) is 15.9. The van der Waals surface area contributed by atoms with Crippen molar-refractivity contribution in [1.82, 2.24) is 4.98 Å². The lowest BCUT2D eigenvalue weighted by molar-refractivity contribution is 0.0992. The Morgan fingerprint density at radius 1 is 1.42 bits per heavy atom. The first-order valence-electron chi connectivity index (χ1n) is 3.10. The number of carbonyl (C=O) groups excluding carboxylic acids is 2. The summed E-state index contributed by atoms with van der Waals surface area (Å²) in [4.78, 5) is 26.7. The zero-order valence-electron chi connectivity index (χ0n) is 5.70. The smallest absolute Gasteiger partial charge is 0.212 e. The summed E-state index contributed by atoms with van der Waals surface area (Å²) >= 11 is 4.21. The van der Waals surface area contributed by atoms with Gasteiger partial charge in [-0.15, -0.1) is 11.3 Å². The molecule has 0 amide bonds. The van der Waals surface area contributed by atoms with Gasteiger partial charge in [0.1, 0.15) is 10.6 Å². The lowest BCUT2D eigenvalue weighted by Gasteiger charge is -2.03. The summed E-state index contributed by atoms with van der Waals surface area (Å²) in [6.07, 6.45) is 1.25. The minimum Gasteiger partial charge on any atom is -0.287 e. The number of nitrogens with zero attached hydrogens (tertiary/aromatic N) is 1. The molecule has 1 aliphatic carbocycles. The first kappa shape index (κ1) is 7.82. The maximum Gasteiger partial charge on any atom is 0.212 e. The van der Waals surface area contributed by atoms with Crippen LogP contribution in [0.3, 0.4) is 0 Å². The lowest BCUT2D eigenvalue weighted by Crippen LogP contribution is -2.12. The Hall–Kier alpha value is -0.810. The fourth-order valence-corrected chi connectivity index (χ4v) is 2.22. The predicted molar refractivity (Wildman–Crippen MR) is 47.8 cm³/mol. The van der Waals surface area contributed by atoms with Gasteiger partial charge >= 0.3 is 0 Å². The second-order valence-electron chi connectivity index (χ2n) is 2.22. The Morgan fingerprint density at radius 2 is 2.17 bits per heavy atom. The molecule has 1 aliphatic rings. The van der Waals surface area contributed by atoms with Crippen molar-refractivity contribution in [2.75, 3.05) is 0 Å². The van der Waals surface area contributed by atoms with Gasteiger partial charge in [-0.05, 0) is 15.9 Å². The maximum absolute atomic E-state index is 11.3.